The van der Waals surface area contributed by atoms with Gasteiger partial charge in [0.2, 0.25) is 0 Å². The minimum absolute atomic E-state index is 0.114. The zero-order valence-electron chi connectivity index (χ0n) is 20.1. The van der Waals surface area contributed by atoms with Gasteiger partial charge in [-0.05, 0) is 51.9 Å². The molecule has 0 N–H and O–H groups in total. The standard InChI is InChI=1S/C25H36N6O/c1-17-18(2)28(5)24-21-15-30(16-22(21)26-31(24)19(17)3)25(32)20-9-6-7-10-23(20)29-12-8-11-27(4)13-14-29/h6-7,9-10,17-19H,8,11-16H2,1-5H3. The van der Waals surface area contributed by atoms with Gasteiger partial charge in [-0.25, -0.2) is 4.68 Å². The van der Waals surface area contributed by atoms with E-state index in [0.29, 0.717) is 31.1 Å². The molecule has 32 heavy (non-hydrogen) atoms. The molecule has 1 aromatic carbocycles. The number of hydrogen-bond acceptors (Lipinski definition) is 5. The van der Waals surface area contributed by atoms with Crippen molar-refractivity contribution in [2.75, 3.05) is 50.1 Å². The highest BCUT2D eigenvalue weighted by molar-refractivity contribution is 6.00. The Morgan fingerprint density at radius 1 is 0.969 bits per heavy atom. The van der Waals surface area contributed by atoms with Crippen molar-refractivity contribution >= 4 is 17.4 Å². The van der Waals surface area contributed by atoms with Crippen molar-refractivity contribution in [2.24, 2.45) is 5.92 Å². The number of fused-ring (bicyclic) bond motifs is 3. The summed E-state index contributed by atoms with van der Waals surface area (Å²) in [7, 11) is 4.34. The maximum Gasteiger partial charge on any atom is 0.256 e. The Morgan fingerprint density at radius 2 is 1.75 bits per heavy atom. The number of carbonyl (C=O) groups excluding carboxylic acids is 1. The third-order valence-electron chi connectivity index (χ3n) is 8.09. The summed E-state index contributed by atoms with van der Waals surface area (Å²) in [4.78, 5) is 22.8. The largest absolute Gasteiger partial charge is 0.370 e. The van der Waals surface area contributed by atoms with Crippen LogP contribution in [0, 0.1) is 5.92 Å². The molecule has 3 aliphatic heterocycles. The van der Waals surface area contributed by atoms with Gasteiger partial charge in [0.15, 0.2) is 0 Å². The minimum Gasteiger partial charge on any atom is -0.370 e. The van der Waals surface area contributed by atoms with Gasteiger partial charge in [0.05, 0.1) is 30.4 Å². The Kier molecular flexibility index (Phi) is 5.40. The van der Waals surface area contributed by atoms with Gasteiger partial charge in [0.25, 0.3) is 5.91 Å². The van der Waals surface area contributed by atoms with Gasteiger partial charge < -0.3 is 19.6 Å². The highest BCUT2D eigenvalue weighted by Gasteiger charge is 2.40. The summed E-state index contributed by atoms with van der Waals surface area (Å²) in [6, 6.07) is 8.95. The monoisotopic (exact) mass is 436 g/mol. The number of hydrogen-bond donors (Lipinski definition) is 0. The molecule has 0 aliphatic carbocycles. The van der Waals surface area contributed by atoms with Gasteiger partial charge in [-0.15, -0.1) is 0 Å². The Balaban J connectivity index is 1.41. The molecule has 0 radical (unpaired) electrons. The summed E-state index contributed by atoms with van der Waals surface area (Å²) in [5, 5.41) is 4.97. The second kappa shape index (κ2) is 8.10. The van der Waals surface area contributed by atoms with Crippen molar-refractivity contribution in [3.05, 3.63) is 41.1 Å². The fraction of sp³-hybridized carbons (Fsp3) is 0.600. The fourth-order valence-electron chi connectivity index (χ4n) is 5.58. The van der Waals surface area contributed by atoms with Crippen LogP contribution in [-0.2, 0) is 13.1 Å². The highest BCUT2D eigenvalue weighted by atomic mass is 16.2. The number of anilines is 2. The first kappa shape index (κ1) is 21.3. The number of nitrogens with zero attached hydrogens (tertiary/aromatic N) is 6. The van der Waals surface area contributed by atoms with E-state index in [9.17, 15) is 4.79 Å². The molecule has 3 atom stereocenters. The van der Waals surface area contributed by atoms with Crippen LogP contribution < -0.4 is 9.80 Å². The Morgan fingerprint density at radius 3 is 2.56 bits per heavy atom. The van der Waals surface area contributed by atoms with Crippen LogP contribution in [0.15, 0.2) is 24.3 Å². The number of aromatic nitrogens is 2. The fourth-order valence-corrected chi connectivity index (χ4v) is 5.58. The highest BCUT2D eigenvalue weighted by Crippen LogP contribution is 2.41. The van der Waals surface area contributed by atoms with Crippen molar-refractivity contribution in [1.29, 1.82) is 0 Å². The van der Waals surface area contributed by atoms with E-state index >= 15 is 0 Å². The molecule has 5 rings (SSSR count). The molecule has 1 aromatic heterocycles. The summed E-state index contributed by atoms with van der Waals surface area (Å²) in [6.07, 6.45) is 1.12. The predicted octanol–water partition coefficient (Wildman–Crippen LogP) is 3.22. The number of amides is 1. The topological polar surface area (TPSA) is 47.9 Å². The zero-order chi connectivity index (χ0) is 22.6. The van der Waals surface area contributed by atoms with Crippen molar-refractivity contribution in [1.82, 2.24) is 19.6 Å². The first-order valence-corrected chi connectivity index (χ1v) is 12.0. The van der Waals surface area contributed by atoms with Crippen molar-refractivity contribution < 1.29 is 4.79 Å². The molecule has 0 bridgehead atoms. The molecule has 4 heterocycles. The molecule has 1 fully saturated rings. The van der Waals surface area contributed by atoms with Crippen LogP contribution in [-0.4, -0.2) is 71.8 Å². The van der Waals surface area contributed by atoms with Crippen molar-refractivity contribution in [3.8, 4) is 0 Å². The summed E-state index contributed by atoms with van der Waals surface area (Å²) >= 11 is 0. The quantitative estimate of drug-likeness (QED) is 0.724. The average molecular weight is 437 g/mol. The van der Waals surface area contributed by atoms with Crippen LogP contribution in [0.2, 0.25) is 0 Å². The molecule has 3 aliphatic rings. The van der Waals surface area contributed by atoms with Crippen molar-refractivity contribution in [3.63, 3.8) is 0 Å². The lowest BCUT2D eigenvalue weighted by Crippen LogP contribution is -2.44. The molecule has 1 saturated heterocycles. The first-order valence-electron chi connectivity index (χ1n) is 12.0. The van der Waals surface area contributed by atoms with E-state index in [1.54, 1.807) is 0 Å². The number of rotatable bonds is 2. The smallest absolute Gasteiger partial charge is 0.256 e. The van der Waals surface area contributed by atoms with Crippen LogP contribution in [0.1, 0.15) is 54.8 Å². The van der Waals surface area contributed by atoms with Gasteiger partial charge in [-0.1, -0.05) is 19.1 Å². The number of carbonyl (C=O) groups is 1. The maximum atomic E-state index is 13.7. The molecule has 2 aromatic rings. The number of para-hydroxylation sites is 1. The van der Waals surface area contributed by atoms with Gasteiger partial charge >= 0.3 is 0 Å². The third-order valence-corrected chi connectivity index (χ3v) is 8.09. The SMILES string of the molecule is CC1C(C)N(C)c2c3c(nn2C1C)CN(C(=O)c1ccccc1N1CCCN(C)CC1)C3. The molecule has 172 valence electrons. The summed E-state index contributed by atoms with van der Waals surface area (Å²) in [5.41, 5.74) is 4.16. The molecule has 0 spiro atoms. The Labute approximate surface area is 191 Å². The molecule has 0 saturated carbocycles. The summed E-state index contributed by atoms with van der Waals surface area (Å²) < 4.78 is 2.19. The Bertz CT molecular complexity index is 1020. The van der Waals surface area contributed by atoms with Gasteiger partial charge in [0, 0.05) is 44.0 Å². The first-order chi connectivity index (χ1) is 15.4. The van der Waals surface area contributed by atoms with Crippen LogP contribution in [0.4, 0.5) is 11.5 Å². The van der Waals surface area contributed by atoms with Crippen LogP contribution in [0.25, 0.3) is 0 Å². The Hall–Kier alpha value is -2.54. The van der Waals surface area contributed by atoms with Gasteiger partial charge in [-0.2, -0.15) is 5.10 Å². The summed E-state index contributed by atoms with van der Waals surface area (Å²) in [5.74, 6) is 1.84. The lowest BCUT2D eigenvalue weighted by atomic mass is 9.92. The molecule has 3 unspecified atom stereocenters. The van der Waals surface area contributed by atoms with E-state index in [0.717, 1.165) is 49.5 Å². The van der Waals surface area contributed by atoms with Gasteiger partial charge in [-0.3, -0.25) is 4.79 Å². The number of benzene rings is 1. The van der Waals surface area contributed by atoms with Gasteiger partial charge in [0.1, 0.15) is 5.82 Å². The van der Waals surface area contributed by atoms with E-state index in [1.165, 1.54) is 11.4 Å². The van der Waals surface area contributed by atoms with E-state index in [1.807, 2.05) is 23.1 Å². The number of likely N-dealkylation sites (N-methyl/N-ethyl adjacent to an activating group) is 1. The summed E-state index contributed by atoms with van der Waals surface area (Å²) in [6.45, 7) is 12.2. The molecular formula is C25H36N6O. The van der Waals surface area contributed by atoms with Crippen molar-refractivity contribution in [2.45, 2.75) is 52.4 Å². The van der Waals surface area contributed by atoms with E-state index in [2.05, 4.69) is 60.3 Å². The minimum atomic E-state index is 0.114. The normalized spacial score (nSPS) is 26.2. The zero-order valence-corrected chi connectivity index (χ0v) is 20.1. The van der Waals surface area contributed by atoms with E-state index < -0.39 is 0 Å². The maximum absolute atomic E-state index is 13.7. The van der Waals surface area contributed by atoms with Crippen LogP contribution in [0.3, 0.4) is 0 Å². The second-order valence-corrected chi connectivity index (χ2v) is 9.97. The lowest BCUT2D eigenvalue weighted by Gasteiger charge is -2.41. The molecule has 1 amide bonds. The third kappa shape index (κ3) is 3.38. The average Bonchev–Trinajstić information content (AvgIpc) is 3.28. The molecule has 7 heteroatoms. The van der Waals surface area contributed by atoms with Crippen LogP contribution >= 0.6 is 0 Å². The predicted molar refractivity (Wildman–Crippen MR) is 128 cm³/mol. The molecule has 7 nitrogen and oxygen atoms in total. The van der Waals surface area contributed by atoms with Crippen LogP contribution in [0.5, 0.6) is 0 Å². The second-order valence-electron chi connectivity index (χ2n) is 9.97. The van der Waals surface area contributed by atoms with E-state index in [4.69, 9.17) is 5.10 Å². The van der Waals surface area contributed by atoms with E-state index in [-0.39, 0.29) is 5.91 Å². The lowest BCUT2D eigenvalue weighted by molar-refractivity contribution is 0.0749. The molecular weight excluding hydrogens is 400 g/mol.